The summed E-state index contributed by atoms with van der Waals surface area (Å²) in [6.45, 7) is 0.123. The minimum absolute atomic E-state index is 0.0449. The third kappa shape index (κ3) is 2.58. The van der Waals surface area contributed by atoms with Crippen molar-refractivity contribution in [1.29, 1.82) is 0 Å². The van der Waals surface area contributed by atoms with Gasteiger partial charge in [0.1, 0.15) is 11.3 Å². The first-order valence-electron chi connectivity index (χ1n) is 6.23. The highest BCUT2D eigenvalue weighted by atomic mass is 19.1. The van der Waals surface area contributed by atoms with Gasteiger partial charge in [0.05, 0.1) is 12.7 Å². The predicted octanol–water partition coefficient (Wildman–Crippen LogP) is -0.637. The molecule has 0 fully saturated rings. The van der Waals surface area contributed by atoms with Crippen LogP contribution in [0, 0.1) is 5.82 Å². The molecule has 2 N–H and O–H groups in total. The first-order chi connectivity index (χ1) is 10.0. The van der Waals surface area contributed by atoms with Crippen molar-refractivity contribution in [2.45, 2.75) is 6.54 Å². The van der Waals surface area contributed by atoms with Crippen LogP contribution in [0.3, 0.4) is 0 Å². The fraction of sp³-hybridized carbons (Fsp3) is 0.0769. The summed E-state index contributed by atoms with van der Waals surface area (Å²) in [5.74, 6) is -0.589. The molecule has 6 nitrogen and oxygen atoms in total. The second-order valence-corrected chi connectivity index (χ2v) is 4.66. The van der Waals surface area contributed by atoms with E-state index in [0.717, 1.165) is 6.07 Å². The van der Waals surface area contributed by atoms with Crippen LogP contribution in [0.2, 0.25) is 0 Å². The molecular weight excluding hydrogens is 276 g/mol. The molecule has 2 heterocycles. The van der Waals surface area contributed by atoms with Gasteiger partial charge in [-0.25, -0.2) is 8.91 Å². The van der Waals surface area contributed by atoms with Crippen molar-refractivity contribution < 1.29 is 14.4 Å². The summed E-state index contributed by atoms with van der Waals surface area (Å²) in [6.07, 6.45) is 4.68. The van der Waals surface area contributed by atoms with Crippen LogP contribution in [0.4, 0.5) is 4.39 Å². The van der Waals surface area contributed by atoms with Gasteiger partial charge in [0.2, 0.25) is 0 Å². The summed E-state index contributed by atoms with van der Waals surface area (Å²) in [7, 11) is -1.76. The summed E-state index contributed by atoms with van der Waals surface area (Å²) in [4.78, 5) is 12.2. The van der Waals surface area contributed by atoms with E-state index in [-0.39, 0.29) is 17.6 Å². The summed E-state index contributed by atoms with van der Waals surface area (Å²) in [5.41, 5.74) is 0.661. The second-order valence-electron chi connectivity index (χ2n) is 4.66. The highest BCUT2D eigenvalue weighted by Crippen LogP contribution is 2.05. The molecule has 0 aliphatic rings. The molecule has 0 spiro atoms. The Kier molecular flexibility index (Phi) is 3.32. The average Bonchev–Trinajstić information content (AvgIpc) is 2.90. The van der Waals surface area contributed by atoms with Crippen molar-refractivity contribution in [1.82, 2.24) is 14.2 Å². The maximum Gasteiger partial charge on any atom is 0.488 e. The van der Waals surface area contributed by atoms with E-state index in [2.05, 4.69) is 5.10 Å². The van der Waals surface area contributed by atoms with E-state index in [1.807, 2.05) is 0 Å². The monoisotopic (exact) mass is 287 g/mol. The molecule has 0 radical (unpaired) electrons. The summed E-state index contributed by atoms with van der Waals surface area (Å²) >= 11 is 0. The molecule has 106 valence electrons. The van der Waals surface area contributed by atoms with Gasteiger partial charge < -0.3 is 14.6 Å². The largest absolute Gasteiger partial charge is 0.488 e. The molecule has 1 aromatic carbocycles. The first kappa shape index (κ1) is 13.5. The third-order valence-electron chi connectivity index (χ3n) is 3.17. The number of nitrogens with zero attached hydrogens (tertiary/aromatic N) is 3. The molecule has 3 rings (SSSR count). The average molecular weight is 287 g/mol. The van der Waals surface area contributed by atoms with Crippen LogP contribution < -0.4 is 11.0 Å². The van der Waals surface area contributed by atoms with Crippen LogP contribution in [0.1, 0.15) is 5.56 Å². The fourth-order valence-corrected chi connectivity index (χ4v) is 2.20. The molecule has 0 unspecified atom stereocenters. The lowest BCUT2D eigenvalue weighted by Crippen LogP contribution is -2.31. The molecule has 0 saturated heterocycles. The molecule has 2 aromatic heterocycles. The van der Waals surface area contributed by atoms with Crippen molar-refractivity contribution >= 4 is 18.1 Å². The molecule has 0 atom stereocenters. The zero-order valence-corrected chi connectivity index (χ0v) is 10.8. The summed E-state index contributed by atoms with van der Waals surface area (Å²) < 4.78 is 16.3. The van der Waals surface area contributed by atoms with Crippen LogP contribution in [0.25, 0.3) is 5.52 Å². The van der Waals surface area contributed by atoms with E-state index in [4.69, 9.17) is 10.0 Å². The number of rotatable bonds is 3. The Morgan fingerprint density at radius 3 is 2.81 bits per heavy atom. The van der Waals surface area contributed by atoms with Gasteiger partial charge in [-0.05, 0) is 29.2 Å². The zero-order chi connectivity index (χ0) is 15.0. The minimum atomic E-state index is -1.76. The Hall–Kier alpha value is -2.45. The van der Waals surface area contributed by atoms with Crippen molar-refractivity contribution in [3.05, 3.63) is 64.6 Å². The van der Waals surface area contributed by atoms with E-state index < -0.39 is 12.9 Å². The summed E-state index contributed by atoms with van der Waals surface area (Å²) in [6, 6.07) is 5.32. The summed E-state index contributed by atoms with van der Waals surface area (Å²) in [5, 5.41) is 22.2. The number of halogens is 1. The molecule has 0 aliphatic heterocycles. The molecule has 8 heteroatoms. The molecular formula is C13H11BFN3O3. The van der Waals surface area contributed by atoms with E-state index in [0.29, 0.717) is 11.1 Å². The van der Waals surface area contributed by atoms with Gasteiger partial charge in [0.25, 0.3) is 5.56 Å². The van der Waals surface area contributed by atoms with Crippen LogP contribution in [0.5, 0.6) is 0 Å². The predicted molar refractivity (Wildman–Crippen MR) is 74.8 cm³/mol. The maximum absolute atomic E-state index is 13.5. The van der Waals surface area contributed by atoms with Crippen LogP contribution in [-0.4, -0.2) is 31.3 Å². The molecule has 0 bridgehead atoms. The van der Waals surface area contributed by atoms with E-state index in [1.165, 1.54) is 27.4 Å². The van der Waals surface area contributed by atoms with Gasteiger partial charge in [-0.2, -0.15) is 5.10 Å². The van der Waals surface area contributed by atoms with Gasteiger partial charge in [0, 0.05) is 12.4 Å². The van der Waals surface area contributed by atoms with Gasteiger partial charge in [-0.1, -0.05) is 6.07 Å². The van der Waals surface area contributed by atoms with Crippen molar-refractivity contribution in [2.24, 2.45) is 0 Å². The van der Waals surface area contributed by atoms with Crippen molar-refractivity contribution in [3.8, 4) is 0 Å². The van der Waals surface area contributed by atoms with Gasteiger partial charge in [0.15, 0.2) is 0 Å². The fourth-order valence-electron chi connectivity index (χ4n) is 2.20. The zero-order valence-electron chi connectivity index (χ0n) is 10.8. The first-order valence-corrected chi connectivity index (χ1v) is 6.23. The third-order valence-corrected chi connectivity index (χ3v) is 3.17. The lowest BCUT2D eigenvalue weighted by Gasteiger charge is -2.08. The molecule has 0 saturated carbocycles. The lowest BCUT2D eigenvalue weighted by atomic mass is 9.79. The molecule has 3 aromatic rings. The Morgan fingerprint density at radius 1 is 1.24 bits per heavy atom. The van der Waals surface area contributed by atoms with Crippen molar-refractivity contribution in [2.75, 3.05) is 0 Å². The molecule has 0 aliphatic carbocycles. The Labute approximate surface area is 118 Å². The Morgan fingerprint density at radius 2 is 2.05 bits per heavy atom. The lowest BCUT2D eigenvalue weighted by molar-refractivity contribution is 0.425. The molecule has 0 amide bonds. The topological polar surface area (TPSA) is 79.8 Å². The van der Waals surface area contributed by atoms with Crippen LogP contribution >= 0.6 is 0 Å². The Bertz CT molecular complexity index is 859. The number of fused-ring (bicyclic) bond motifs is 1. The normalized spacial score (nSPS) is 11.0. The van der Waals surface area contributed by atoms with Crippen LogP contribution in [0.15, 0.2) is 47.7 Å². The number of hydrogen-bond acceptors (Lipinski definition) is 4. The van der Waals surface area contributed by atoms with Gasteiger partial charge in [-0.3, -0.25) is 4.79 Å². The second kappa shape index (κ2) is 5.15. The standard InChI is InChI=1S/C13H11BFN3O3/c15-11-6-9(5-10(7-11)14(20)21)8-17-3-4-18-12(13(17)19)1-2-16-18/h1-7,20-21H,8H2. The minimum Gasteiger partial charge on any atom is -0.423 e. The maximum atomic E-state index is 13.5. The SMILES string of the molecule is O=c1c2ccnn2ccn1Cc1cc(F)cc(B(O)O)c1. The van der Waals surface area contributed by atoms with Crippen molar-refractivity contribution in [3.63, 3.8) is 0 Å². The smallest absolute Gasteiger partial charge is 0.423 e. The quantitative estimate of drug-likeness (QED) is 0.628. The van der Waals surface area contributed by atoms with E-state index in [1.54, 1.807) is 18.5 Å². The van der Waals surface area contributed by atoms with Crippen LogP contribution in [-0.2, 0) is 6.54 Å². The van der Waals surface area contributed by atoms with Gasteiger partial charge in [-0.15, -0.1) is 0 Å². The number of hydrogen-bond donors (Lipinski definition) is 2. The highest BCUT2D eigenvalue weighted by molar-refractivity contribution is 6.58. The molecule has 21 heavy (non-hydrogen) atoms. The van der Waals surface area contributed by atoms with Gasteiger partial charge >= 0.3 is 7.12 Å². The highest BCUT2D eigenvalue weighted by Gasteiger charge is 2.13. The number of benzene rings is 1. The van der Waals surface area contributed by atoms with E-state index in [9.17, 15) is 9.18 Å². The Balaban J connectivity index is 2.02. The van der Waals surface area contributed by atoms with E-state index >= 15 is 0 Å². The number of aromatic nitrogens is 3.